The molecule has 0 amide bonds. The van der Waals surface area contributed by atoms with Crippen molar-refractivity contribution in [3.05, 3.63) is 37.4 Å². The van der Waals surface area contributed by atoms with E-state index in [4.69, 9.17) is 0 Å². The summed E-state index contributed by atoms with van der Waals surface area (Å²) in [5.74, 6) is 0. The molecule has 0 N–H and O–H groups in total. The number of hydrogen-bond acceptors (Lipinski definition) is 0. The van der Waals surface area contributed by atoms with Gasteiger partial charge in [-0.1, -0.05) is 0 Å². The Morgan fingerprint density at radius 3 is 0.929 bits per heavy atom. The maximum absolute atomic E-state index is 10.7. The molecule has 0 saturated carbocycles. The van der Waals surface area contributed by atoms with Gasteiger partial charge in [-0.05, 0) is 0 Å². The van der Waals surface area contributed by atoms with E-state index in [0.717, 1.165) is 13.1 Å². The van der Waals surface area contributed by atoms with E-state index in [9.17, 15) is 50.4 Å². The Morgan fingerprint density at radius 1 is 0.571 bits per heavy atom. The number of aromatic nitrogens is 4. The zero-order valence-electron chi connectivity index (χ0n) is 14.1. The molecule has 2 rings (SSSR count). The SMILES string of the molecule is C[n+]1ccn(CCn2cc[n+](C)c2)c1.F[P-](F)(F)(F)(F)F.F[P-](F)(F)(F)(F)F. The summed E-state index contributed by atoms with van der Waals surface area (Å²) < 4.78 is 127. The van der Waals surface area contributed by atoms with E-state index < -0.39 is 15.6 Å². The fraction of sp³-hybridized carbons (Fsp3) is 0.400. The van der Waals surface area contributed by atoms with E-state index in [-0.39, 0.29) is 0 Å². The van der Waals surface area contributed by atoms with Gasteiger partial charge < -0.3 is 0 Å². The molecule has 0 aliphatic rings. The molecule has 170 valence electrons. The van der Waals surface area contributed by atoms with Crippen LogP contribution in [-0.4, -0.2) is 9.13 Å². The molecule has 28 heavy (non-hydrogen) atoms. The quantitative estimate of drug-likeness (QED) is 0.274. The molecular formula is C10H16F12N4P2. The zero-order valence-corrected chi connectivity index (χ0v) is 15.9. The third kappa shape index (κ3) is 29.2. The molecule has 0 spiro atoms. The Balaban J connectivity index is 0.000000444. The predicted molar refractivity (Wildman–Crippen MR) is 78.4 cm³/mol. The van der Waals surface area contributed by atoms with Crippen LogP contribution in [0.4, 0.5) is 50.4 Å². The van der Waals surface area contributed by atoms with Crippen LogP contribution < -0.4 is 9.13 Å². The Kier molecular flexibility index (Phi) is 6.12. The molecule has 0 radical (unpaired) electrons. The summed E-state index contributed by atoms with van der Waals surface area (Å²) in [4.78, 5) is 0. The second-order valence-corrected chi connectivity index (χ2v) is 9.38. The summed E-state index contributed by atoms with van der Waals surface area (Å²) in [6.07, 6.45) is 12.4. The van der Waals surface area contributed by atoms with Gasteiger partial charge in [0.15, 0.2) is 0 Å². The van der Waals surface area contributed by atoms with E-state index in [0.29, 0.717) is 0 Å². The van der Waals surface area contributed by atoms with Crippen molar-refractivity contribution >= 4 is 15.6 Å². The first-order valence-electron chi connectivity index (χ1n) is 6.79. The Labute approximate surface area is 150 Å². The topological polar surface area (TPSA) is 17.6 Å². The molecule has 18 heteroatoms. The van der Waals surface area contributed by atoms with Crippen LogP contribution in [0.1, 0.15) is 0 Å². The molecule has 0 bridgehead atoms. The molecule has 0 aromatic carbocycles. The van der Waals surface area contributed by atoms with Gasteiger partial charge in [0.05, 0.1) is 14.1 Å². The molecule has 4 nitrogen and oxygen atoms in total. The first-order valence-corrected chi connectivity index (χ1v) is 10.8. The van der Waals surface area contributed by atoms with Gasteiger partial charge in [0.2, 0.25) is 12.7 Å². The third-order valence-electron chi connectivity index (χ3n) is 2.26. The number of halogens is 12. The van der Waals surface area contributed by atoms with Crippen LogP contribution in [0.15, 0.2) is 37.4 Å². The van der Waals surface area contributed by atoms with E-state index >= 15 is 0 Å². The Bertz CT molecular complexity index is 695. The van der Waals surface area contributed by atoms with Crippen LogP contribution in [0.25, 0.3) is 0 Å². The molecule has 0 aliphatic carbocycles. The van der Waals surface area contributed by atoms with Gasteiger partial charge >= 0.3 is 66.0 Å². The summed E-state index contributed by atoms with van der Waals surface area (Å²) >= 11 is 0. The second-order valence-electron chi connectivity index (χ2n) is 5.55. The molecule has 0 saturated heterocycles. The van der Waals surface area contributed by atoms with Crippen LogP contribution >= 0.6 is 15.6 Å². The number of rotatable bonds is 3. The second kappa shape index (κ2) is 6.48. The first kappa shape index (κ1) is 26.4. The standard InChI is InChI=1S/C10H16N4.2F6P/c1-11-3-5-13(9-11)7-8-14-6-4-12(2)10-14;2*1-7(2,3,4,5)6/h3-6,9-10H,7-8H2,1-2H3;;/q+2;2*-1. The number of hydrogen-bond donors (Lipinski definition) is 0. The van der Waals surface area contributed by atoms with Crippen molar-refractivity contribution in [3.8, 4) is 0 Å². The van der Waals surface area contributed by atoms with Crippen LogP contribution in [-0.2, 0) is 27.2 Å². The van der Waals surface area contributed by atoms with Crippen molar-refractivity contribution in [1.82, 2.24) is 9.13 Å². The minimum atomic E-state index is -10.7. The summed E-state index contributed by atoms with van der Waals surface area (Å²) in [5, 5.41) is 0. The van der Waals surface area contributed by atoms with Crippen LogP contribution in [0.3, 0.4) is 0 Å². The van der Waals surface area contributed by atoms with Crippen LogP contribution in [0, 0.1) is 0 Å². The fourth-order valence-electron chi connectivity index (χ4n) is 1.50. The minimum absolute atomic E-state index is 1.01. The monoisotopic (exact) mass is 482 g/mol. The predicted octanol–water partition coefficient (Wildman–Crippen LogP) is 6.40. The van der Waals surface area contributed by atoms with Crippen LogP contribution in [0.2, 0.25) is 0 Å². The molecular weight excluding hydrogens is 466 g/mol. The van der Waals surface area contributed by atoms with Gasteiger partial charge in [-0.25, -0.2) is 18.3 Å². The summed E-state index contributed by atoms with van der Waals surface area (Å²) in [6.45, 7) is 2.02. The Morgan fingerprint density at radius 2 is 0.786 bits per heavy atom. The van der Waals surface area contributed by atoms with Crippen molar-refractivity contribution in [3.63, 3.8) is 0 Å². The number of nitrogens with zero attached hydrogens (tertiary/aromatic N) is 4. The average Bonchev–Trinajstić information content (AvgIpc) is 2.87. The van der Waals surface area contributed by atoms with Gasteiger partial charge in [-0.3, -0.25) is 0 Å². The van der Waals surface area contributed by atoms with Crippen molar-refractivity contribution in [1.29, 1.82) is 0 Å². The molecule has 2 heterocycles. The average molecular weight is 482 g/mol. The van der Waals surface area contributed by atoms with Gasteiger partial charge in [-0.15, -0.1) is 0 Å². The van der Waals surface area contributed by atoms with Gasteiger partial charge in [0, 0.05) is 0 Å². The number of imidazole rings is 2. The van der Waals surface area contributed by atoms with Crippen molar-refractivity contribution in [2.75, 3.05) is 0 Å². The fourth-order valence-corrected chi connectivity index (χ4v) is 1.50. The van der Waals surface area contributed by atoms with E-state index in [2.05, 4.69) is 55.7 Å². The van der Waals surface area contributed by atoms with Gasteiger partial charge in [0.1, 0.15) is 37.9 Å². The van der Waals surface area contributed by atoms with Crippen molar-refractivity contribution < 1.29 is 59.5 Å². The molecule has 0 unspecified atom stereocenters. The molecule has 0 atom stereocenters. The van der Waals surface area contributed by atoms with E-state index in [1.54, 1.807) is 0 Å². The van der Waals surface area contributed by atoms with Crippen LogP contribution in [0.5, 0.6) is 0 Å². The molecule has 0 fully saturated rings. The molecule has 2 aromatic rings. The third-order valence-corrected chi connectivity index (χ3v) is 2.26. The van der Waals surface area contributed by atoms with E-state index in [1.165, 1.54) is 0 Å². The van der Waals surface area contributed by atoms with Crippen molar-refractivity contribution in [2.45, 2.75) is 13.1 Å². The number of aryl methyl sites for hydroxylation is 4. The van der Waals surface area contributed by atoms with Gasteiger partial charge in [-0.2, -0.15) is 0 Å². The molecule has 2 aromatic heterocycles. The maximum atomic E-state index is 9.87. The first-order chi connectivity index (χ1) is 11.6. The van der Waals surface area contributed by atoms with Gasteiger partial charge in [0.25, 0.3) is 0 Å². The summed E-state index contributed by atoms with van der Waals surface area (Å²) in [5.41, 5.74) is 0. The normalized spacial score (nSPS) is 16.9. The summed E-state index contributed by atoms with van der Waals surface area (Å²) in [6, 6.07) is 0. The van der Waals surface area contributed by atoms with E-state index in [1.807, 2.05) is 14.1 Å². The summed E-state index contributed by atoms with van der Waals surface area (Å²) in [7, 11) is -17.2. The molecule has 0 aliphatic heterocycles. The Hall–Kier alpha value is -1.56. The van der Waals surface area contributed by atoms with Crippen molar-refractivity contribution in [2.24, 2.45) is 14.1 Å². The zero-order chi connectivity index (χ0) is 22.8.